The predicted octanol–water partition coefficient (Wildman–Crippen LogP) is 6.69. The van der Waals surface area contributed by atoms with Crippen LogP contribution >= 0.6 is 23.4 Å². The standard InChI is InChI=1S/C25H29ClN4OS/c1-3-16-8-7-11-21-23(24(16)26)20(10-6-5-9-17(27)4-2)29-25(30-21)32-18-14-22-19(28-15-18)12-13-31-22/h5-6,12-15,17H,3-4,7-11,27H2,1-2H3. The van der Waals surface area contributed by atoms with Crippen molar-refractivity contribution in [3.05, 3.63) is 59.3 Å². The lowest BCUT2D eigenvalue weighted by Gasteiger charge is -2.14. The van der Waals surface area contributed by atoms with Gasteiger partial charge in [-0.1, -0.05) is 43.2 Å². The second-order valence-corrected chi connectivity index (χ2v) is 9.47. The fourth-order valence-corrected chi connectivity index (χ4v) is 5.11. The molecule has 5 nitrogen and oxygen atoms in total. The van der Waals surface area contributed by atoms with Gasteiger partial charge in [-0.15, -0.1) is 0 Å². The summed E-state index contributed by atoms with van der Waals surface area (Å²) in [5.74, 6) is 0. The number of allylic oxidation sites excluding steroid dienone is 2. The lowest BCUT2D eigenvalue weighted by Crippen LogP contribution is -2.16. The Bertz CT molecular complexity index is 1150. The maximum absolute atomic E-state index is 6.90. The number of rotatable bonds is 8. The van der Waals surface area contributed by atoms with Crippen molar-refractivity contribution in [1.29, 1.82) is 0 Å². The van der Waals surface area contributed by atoms with E-state index in [9.17, 15) is 0 Å². The molecular formula is C25H29ClN4OS. The van der Waals surface area contributed by atoms with Crippen molar-refractivity contribution < 1.29 is 4.42 Å². The molecule has 168 valence electrons. The number of nitrogens with two attached hydrogens (primary N) is 1. The second kappa shape index (κ2) is 10.6. The summed E-state index contributed by atoms with van der Waals surface area (Å²) in [6, 6.07) is 4.03. The molecule has 7 heteroatoms. The molecule has 0 amide bonds. The minimum atomic E-state index is 0.194. The molecular weight excluding hydrogens is 440 g/mol. The van der Waals surface area contributed by atoms with E-state index in [0.717, 1.165) is 81.7 Å². The van der Waals surface area contributed by atoms with Gasteiger partial charge in [0.15, 0.2) is 10.7 Å². The van der Waals surface area contributed by atoms with Crippen molar-refractivity contribution >= 4 is 39.5 Å². The normalized spacial score (nSPS) is 15.4. The SMILES string of the molecule is CCC1=C(Cl)c2c(CC=CCC(N)CC)nc(Sc3cnc4ccoc4c3)nc2CCC1. The van der Waals surface area contributed by atoms with Gasteiger partial charge >= 0.3 is 0 Å². The molecule has 1 atom stereocenters. The molecule has 2 N–H and O–H groups in total. The molecule has 4 rings (SSSR count). The van der Waals surface area contributed by atoms with Crippen LogP contribution in [-0.4, -0.2) is 21.0 Å². The van der Waals surface area contributed by atoms with Crippen LogP contribution in [-0.2, 0) is 12.8 Å². The number of aryl methyl sites for hydroxylation is 1. The lowest BCUT2D eigenvalue weighted by atomic mass is 10.0. The van der Waals surface area contributed by atoms with Crippen LogP contribution < -0.4 is 5.73 Å². The van der Waals surface area contributed by atoms with E-state index in [4.69, 9.17) is 31.7 Å². The van der Waals surface area contributed by atoms with Crippen LogP contribution in [0.15, 0.2) is 56.8 Å². The van der Waals surface area contributed by atoms with Gasteiger partial charge in [-0.05, 0) is 56.4 Å². The van der Waals surface area contributed by atoms with Crippen molar-refractivity contribution in [2.75, 3.05) is 0 Å². The summed E-state index contributed by atoms with van der Waals surface area (Å²) >= 11 is 8.41. The zero-order valence-electron chi connectivity index (χ0n) is 18.6. The van der Waals surface area contributed by atoms with Crippen LogP contribution in [0.2, 0.25) is 0 Å². The summed E-state index contributed by atoms with van der Waals surface area (Å²) in [6.45, 7) is 4.27. The fourth-order valence-electron chi connectivity index (χ4n) is 3.87. The highest BCUT2D eigenvalue weighted by atomic mass is 35.5. The first-order valence-electron chi connectivity index (χ1n) is 11.3. The second-order valence-electron chi connectivity index (χ2n) is 8.06. The van der Waals surface area contributed by atoms with E-state index in [1.165, 1.54) is 17.3 Å². The summed E-state index contributed by atoms with van der Waals surface area (Å²) in [5, 5.41) is 1.55. The molecule has 0 bridgehead atoms. The van der Waals surface area contributed by atoms with Crippen molar-refractivity contribution in [2.24, 2.45) is 5.73 Å². The van der Waals surface area contributed by atoms with Gasteiger partial charge in [-0.25, -0.2) is 9.97 Å². The molecule has 0 aromatic carbocycles. The largest absolute Gasteiger partial charge is 0.463 e. The molecule has 3 aromatic heterocycles. The Hall–Kier alpha value is -2.15. The summed E-state index contributed by atoms with van der Waals surface area (Å²) in [5.41, 5.74) is 12.0. The van der Waals surface area contributed by atoms with Gasteiger partial charge in [-0.2, -0.15) is 0 Å². The Morgan fingerprint density at radius 2 is 2.12 bits per heavy atom. The monoisotopic (exact) mass is 468 g/mol. The van der Waals surface area contributed by atoms with Gasteiger partial charge in [0.1, 0.15) is 5.52 Å². The molecule has 0 spiro atoms. The van der Waals surface area contributed by atoms with E-state index in [1.807, 2.05) is 18.3 Å². The first kappa shape index (κ1) is 23.0. The molecule has 0 fully saturated rings. The van der Waals surface area contributed by atoms with Gasteiger partial charge in [0, 0.05) is 35.2 Å². The van der Waals surface area contributed by atoms with Gasteiger partial charge in [0.2, 0.25) is 0 Å². The number of pyridine rings is 1. The first-order chi connectivity index (χ1) is 15.6. The summed E-state index contributed by atoms with van der Waals surface area (Å²) < 4.78 is 5.50. The third-order valence-corrected chi connectivity index (χ3v) is 7.10. The van der Waals surface area contributed by atoms with Gasteiger partial charge in [0.05, 0.1) is 22.7 Å². The van der Waals surface area contributed by atoms with Crippen LogP contribution in [0.3, 0.4) is 0 Å². The minimum Gasteiger partial charge on any atom is -0.463 e. The molecule has 3 aromatic rings. The van der Waals surface area contributed by atoms with Gasteiger partial charge in [-0.3, -0.25) is 4.98 Å². The first-order valence-corrected chi connectivity index (χ1v) is 12.5. The highest BCUT2D eigenvalue weighted by Crippen LogP contribution is 2.37. The Morgan fingerprint density at radius 3 is 2.94 bits per heavy atom. The zero-order valence-corrected chi connectivity index (χ0v) is 20.2. The van der Waals surface area contributed by atoms with Crippen LogP contribution in [0.5, 0.6) is 0 Å². The Kier molecular flexibility index (Phi) is 7.66. The number of hydrogen-bond acceptors (Lipinski definition) is 6. The fraction of sp³-hybridized carbons (Fsp3) is 0.400. The summed E-state index contributed by atoms with van der Waals surface area (Å²) in [7, 11) is 0. The van der Waals surface area contributed by atoms with Gasteiger partial charge < -0.3 is 10.2 Å². The predicted molar refractivity (Wildman–Crippen MR) is 132 cm³/mol. The molecule has 3 heterocycles. The molecule has 0 saturated heterocycles. The van der Waals surface area contributed by atoms with Crippen LogP contribution in [0.1, 0.15) is 62.9 Å². The topological polar surface area (TPSA) is 77.8 Å². The molecule has 1 aliphatic carbocycles. The van der Waals surface area contributed by atoms with Crippen LogP contribution in [0, 0.1) is 0 Å². The summed E-state index contributed by atoms with van der Waals surface area (Å²) in [6.07, 6.45) is 14.2. The summed E-state index contributed by atoms with van der Waals surface area (Å²) in [4.78, 5) is 15.3. The minimum absolute atomic E-state index is 0.194. The van der Waals surface area contributed by atoms with E-state index >= 15 is 0 Å². The Labute approximate surface area is 198 Å². The Morgan fingerprint density at radius 1 is 1.25 bits per heavy atom. The van der Waals surface area contributed by atoms with E-state index < -0.39 is 0 Å². The van der Waals surface area contributed by atoms with Crippen molar-refractivity contribution in [1.82, 2.24) is 15.0 Å². The number of furan rings is 1. The number of fused-ring (bicyclic) bond motifs is 2. The molecule has 0 radical (unpaired) electrons. The van der Waals surface area contributed by atoms with Crippen molar-refractivity contribution in [3.63, 3.8) is 0 Å². The van der Waals surface area contributed by atoms with E-state index in [2.05, 4.69) is 31.0 Å². The molecule has 1 aliphatic rings. The van der Waals surface area contributed by atoms with E-state index in [-0.39, 0.29) is 6.04 Å². The van der Waals surface area contributed by atoms with Crippen LogP contribution in [0.25, 0.3) is 16.1 Å². The zero-order chi connectivity index (χ0) is 22.5. The molecule has 0 aliphatic heterocycles. The number of nitrogens with zero attached hydrogens (tertiary/aromatic N) is 3. The maximum Gasteiger partial charge on any atom is 0.193 e. The maximum atomic E-state index is 6.90. The van der Waals surface area contributed by atoms with Crippen molar-refractivity contribution in [2.45, 2.75) is 74.9 Å². The Balaban J connectivity index is 1.69. The number of hydrogen-bond donors (Lipinski definition) is 1. The van der Waals surface area contributed by atoms with E-state index in [1.54, 1.807) is 6.26 Å². The van der Waals surface area contributed by atoms with Crippen LogP contribution in [0.4, 0.5) is 0 Å². The molecule has 32 heavy (non-hydrogen) atoms. The highest BCUT2D eigenvalue weighted by Gasteiger charge is 2.22. The van der Waals surface area contributed by atoms with Gasteiger partial charge in [0.25, 0.3) is 0 Å². The highest BCUT2D eigenvalue weighted by molar-refractivity contribution is 7.99. The van der Waals surface area contributed by atoms with Crippen molar-refractivity contribution in [3.8, 4) is 0 Å². The smallest absolute Gasteiger partial charge is 0.193 e. The quantitative estimate of drug-likeness (QED) is 0.293. The number of halogens is 1. The third-order valence-electron chi connectivity index (χ3n) is 5.81. The average Bonchev–Trinajstić information content (AvgIpc) is 3.20. The average molecular weight is 469 g/mol. The molecule has 1 unspecified atom stereocenters. The van der Waals surface area contributed by atoms with E-state index in [0.29, 0.717) is 6.42 Å². The third kappa shape index (κ3) is 5.25. The number of aromatic nitrogens is 3. The molecule has 0 saturated carbocycles. The lowest BCUT2D eigenvalue weighted by molar-refractivity contribution is 0.614.